The molecular weight excluding hydrogens is 254 g/mol. The van der Waals surface area contributed by atoms with Crippen LogP contribution in [-0.2, 0) is 4.79 Å². The lowest BCUT2D eigenvalue weighted by Crippen LogP contribution is -2.39. The van der Waals surface area contributed by atoms with Crippen LogP contribution in [0.25, 0.3) is 0 Å². The van der Waals surface area contributed by atoms with E-state index in [2.05, 4.69) is 22.2 Å². The van der Waals surface area contributed by atoms with Crippen LogP contribution in [0.2, 0.25) is 0 Å². The molecule has 0 radical (unpaired) electrons. The molecule has 0 aromatic carbocycles. The van der Waals surface area contributed by atoms with Crippen molar-refractivity contribution in [1.82, 2.24) is 15.3 Å². The van der Waals surface area contributed by atoms with Crippen LogP contribution in [0, 0.1) is 0 Å². The molecule has 1 aliphatic rings. The van der Waals surface area contributed by atoms with Crippen molar-refractivity contribution in [2.45, 2.75) is 64.0 Å². The maximum atomic E-state index is 11.7. The second-order valence-electron chi connectivity index (χ2n) is 5.29. The van der Waals surface area contributed by atoms with E-state index >= 15 is 0 Å². The summed E-state index contributed by atoms with van der Waals surface area (Å²) in [7, 11) is 0. The molecule has 0 bridgehead atoms. The number of nitrogens with one attached hydrogen (secondary N) is 1. The van der Waals surface area contributed by atoms with Crippen LogP contribution >= 0.6 is 0 Å². The summed E-state index contributed by atoms with van der Waals surface area (Å²) in [5.41, 5.74) is 0. The molecule has 1 aliphatic carbocycles. The van der Waals surface area contributed by atoms with Gasteiger partial charge in [0.15, 0.2) is 0 Å². The van der Waals surface area contributed by atoms with Gasteiger partial charge in [0.2, 0.25) is 5.91 Å². The zero-order valence-corrected chi connectivity index (χ0v) is 12.0. The number of carbonyl (C=O) groups excluding carboxylic acids is 1. The Morgan fingerprint density at radius 1 is 1.30 bits per heavy atom. The van der Waals surface area contributed by atoms with Crippen LogP contribution in [0.5, 0.6) is 6.01 Å². The second-order valence-corrected chi connectivity index (χ2v) is 5.29. The first-order valence-electron chi connectivity index (χ1n) is 7.51. The highest BCUT2D eigenvalue weighted by Crippen LogP contribution is 2.22. The van der Waals surface area contributed by atoms with Crippen LogP contribution in [0.1, 0.15) is 51.9 Å². The molecule has 0 spiro atoms. The van der Waals surface area contributed by atoms with Crippen molar-refractivity contribution < 1.29 is 9.53 Å². The molecule has 1 N–H and O–H groups in total. The van der Waals surface area contributed by atoms with Gasteiger partial charge < -0.3 is 10.1 Å². The zero-order valence-electron chi connectivity index (χ0n) is 12.0. The highest BCUT2D eigenvalue weighted by atomic mass is 16.5. The van der Waals surface area contributed by atoms with E-state index in [0.29, 0.717) is 18.5 Å². The number of amides is 1. The van der Waals surface area contributed by atoms with Gasteiger partial charge in [-0.1, -0.05) is 13.3 Å². The van der Waals surface area contributed by atoms with Crippen molar-refractivity contribution in [3.05, 3.63) is 18.5 Å². The third-order valence-electron chi connectivity index (χ3n) is 3.61. The topological polar surface area (TPSA) is 64.1 Å². The molecular formula is C15H23N3O2. The van der Waals surface area contributed by atoms with Crippen LogP contribution in [0.4, 0.5) is 0 Å². The molecule has 1 fully saturated rings. The minimum Gasteiger partial charge on any atom is -0.460 e. The zero-order chi connectivity index (χ0) is 14.2. The smallest absolute Gasteiger partial charge is 0.316 e. The minimum absolute atomic E-state index is 0.168. The number of hydrogen-bond acceptors (Lipinski definition) is 4. The van der Waals surface area contributed by atoms with Gasteiger partial charge in [0, 0.05) is 24.9 Å². The summed E-state index contributed by atoms with van der Waals surface area (Å²) in [4.78, 5) is 19.8. The number of aromatic nitrogens is 2. The lowest BCUT2D eigenvalue weighted by molar-refractivity contribution is -0.122. The number of nitrogens with zero attached hydrogens (tertiary/aromatic N) is 2. The van der Waals surface area contributed by atoms with Crippen molar-refractivity contribution in [2.24, 2.45) is 0 Å². The van der Waals surface area contributed by atoms with Gasteiger partial charge in [-0.05, 0) is 38.2 Å². The van der Waals surface area contributed by atoms with Crippen LogP contribution in [0.15, 0.2) is 18.5 Å². The maximum Gasteiger partial charge on any atom is 0.316 e. The van der Waals surface area contributed by atoms with Crippen molar-refractivity contribution >= 4 is 5.91 Å². The highest BCUT2D eigenvalue weighted by molar-refractivity contribution is 5.76. The molecule has 1 aromatic heterocycles. The fraction of sp³-hybridized carbons (Fsp3) is 0.667. The fourth-order valence-electron chi connectivity index (χ4n) is 2.46. The Hall–Kier alpha value is -1.65. The first-order valence-corrected chi connectivity index (χ1v) is 7.51. The van der Waals surface area contributed by atoms with Gasteiger partial charge in [0.25, 0.3) is 0 Å². The summed E-state index contributed by atoms with van der Waals surface area (Å²) in [6, 6.07) is 2.52. The Morgan fingerprint density at radius 3 is 2.65 bits per heavy atom. The van der Waals surface area contributed by atoms with Gasteiger partial charge in [-0.2, -0.15) is 0 Å². The van der Waals surface area contributed by atoms with Crippen molar-refractivity contribution in [2.75, 3.05) is 0 Å². The first kappa shape index (κ1) is 14.8. The Kier molecular flexibility index (Phi) is 5.77. The molecule has 2 rings (SSSR count). The summed E-state index contributed by atoms with van der Waals surface area (Å²) >= 11 is 0. The maximum absolute atomic E-state index is 11.7. The second kappa shape index (κ2) is 7.82. The monoisotopic (exact) mass is 277 g/mol. The van der Waals surface area contributed by atoms with E-state index < -0.39 is 0 Å². The first-order chi connectivity index (χ1) is 9.78. The Morgan fingerprint density at radius 2 is 2.00 bits per heavy atom. The van der Waals surface area contributed by atoms with Gasteiger partial charge >= 0.3 is 6.01 Å². The minimum atomic E-state index is 0.168. The SMILES string of the molecule is CCCCC(=O)NC1CCC(Oc2ncccn2)CC1. The molecule has 5 nitrogen and oxygen atoms in total. The average molecular weight is 277 g/mol. The van der Waals surface area contributed by atoms with E-state index in [9.17, 15) is 4.79 Å². The molecule has 0 saturated heterocycles. The molecule has 110 valence electrons. The van der Waals surface area contributed by atoms with Gasteiger partial charge in [0.1, 0.15) is 6.10 Å². The number of hydrogen-bond donors (Lipinski definition) is 1. The highest BCUT2D eigenvalue weighted by Gasteiger charge is 2.23. The summed E-state index contributed by atoms with van der Waals surface area (Å²) in [5, 5.41) is 3.11. The van der Waals surface area contributed by atoms with Crippen LogP contribution in [-0.4, -0.2) is 28.0 Å². The van der Waals surface area contributed by atoms with Crippen LogP contribution in [0.3, 0.4) is 0 Å². The average Bonchev–Trinajstić information content (AvgIpc) is 2.48. The quantitative estimate of drug-likeness (QED) is 0.867. The molecule has 1 aromatic rings. The molecule has 0 atom stereocenters. The van der Waals surface area contributed by atoms with E-state index in [-0.39, 0.29) is 12.0 Å². The number of rotatable bonds is 6. The third kappa shape index (κ3) is 4.79. The third-order valence-corrected chi connectivity index (χ3v) is 3.61. The number of carbonyl (C=O) groups is 1. The Labute approximate surface area is 120 Å². The molecule has 1 saturated carbocycles. The number of ether oxygens (including phenoxy) is 1. The molecule has 1 heterocycles. The van der Waals surface area contributed by atoms with Crippen LogP contribution < -0.4 is 10.1 Å². The Balaban J connectivity index is 1.68. The van der Waals surface area contributed by atoms with Gasteiger partial charge in [0.05, 0.1) is 0 Å². The van der Waals surface area contributed by atoms with Gasteiger partial charge in [-0.25, -0.2) is 9.97 Å². The van der Waals surface area contributed by atoms with E-state index in [1.54, 1.807) is 18.5 Å². The van der Waals surface area contributed by atoms with E-state index in [4.69, 9.17) is 4.74 Å². The normalized spacial score (nSPS) is 22.2. The standard InChI is InChI=1S/C15H23N3O2/c1-2-3-5-14(19)18-12-6-8-13(9-7-12)20-15-16-10-4-11-17-15/h4,10-13H,2-3,5-9H2,1H3,(H,18,19). The van der Waals surface area contributed by atoms with Gasteiger partial charge in [-0.15, -0.1) is 0 Å². The summed E-state index contributed by atoms with van der Waals surface area (Å²) in [6.07, 6.45) is 10.0. The summed E-state index contributed by atoms with van der Waals surface area (Å²) in [6.45, 7) is 2.10. The van der Waals surface area contributed by atoms with E-state index in [0.717, 1.165) is 38.5 Å². The molecule has 1 amide bonds. The molecule has 20 heavy (non-hydrogen) atoms. The lowest BCUT2D eigenvalue weighted by Gasteiger charge is -2.28. The summed E-state index contributed by atoms with van der Waals surface area (Å²) in [5.74, 6) is 0.183. The molecule has 0 aliphatic heterocycles. The fourth-order valence-corrected chi connectivity index (χ4v) is 2.46. The Bertz CT molecular complexity index is 403. The van der Waals surface area contributed by atoms with Crippen molar-refractivity contribution in [3.8, 4) is 6.01 Å². The number of unbranched alkanes of at least 4 members (excludes halogenated alkanes) is 1. The van der Waals surface area contributed by atoms with Gasteiger partial charge in [-0.3, -0.25) is 4.79 Å². The molecule has 5 heteroatoms. The van der Waals surface area contributed by atoms with E-state index in [1.807, 2.05) is 0 Å². The lowest BCUT2D eigenvalue weighted by atomic mass is 9.93. The predicted molar refractivity (Wildman–Crippen MR) is 76.4 cm³/mol. The van der Waals surface area contributed by atoms with E-state index in [1.165, 1.54) is 0 Å². The molecule has 0 unspecified atom stereocenters. The largest absolute Gasteiger partial charge is 0.460 e. The van der Waals surface area contributed by atoms with Crippen molar-refractivity contribution in [1.29, 1.82) is 0 Å². The predicted octanol–water partition coefficient (Wildman–Crippen LogP) is 2.47. The van der Waals surface area contributed by atoms with Crippen molar-refractivity contribution in [3.63, 3.8) is 0 Å². The summed E-state index contributed by atoms with van der Waals surface area (Å²) < 4.78 is 5.74.